The summed E-state index contributed by atoms with van der Waals surface area (Å²) in [6, 6.07) is 5.71. The van der Waals surface area contributed by atoms with E-state index in [0.717, 1.165) is 12.8 Å². The Hall–Kier alpha value is -1.29. The highest BCUT2D eigenvalue weighted by molar-refractivity contribution is 5.42. The zero-order chi connectivity index (χ0) is 11.8. The van der Waals surface area contributed by atoms with Crippen molar-refractivity contribution in [3.8, 4) is 5.75 Å². The van der Waals surface area contributed by atoms with Gasteiger partial charge in [-0.1, -0.05) is 0 Å². The average Bonchev–Trinajstić information content (AvgIpc) is 2.62. The number of halogens is 1. The zero-order valence-corrected chi connectivity index (χ0v) is 9.66. The second-order valence-electron chi connectivity index (χ2n) is 5.04. The van der Waals surface area contributed by atoms with Crippen LogP contribution in [0.25, 0.3) is 0 Å². The number of fused-ring (bicyclic) bond motifs is 2. The number of hydrogen-bond donors (Lipinski definition) is 2. The molecule has 0 radical (unpaired) electrons. The highest BCUT2D eigenvalue weighted by atomic mass is 19.1. The predicted molar refractivity (Wildman–Crippen MR) is 64.4 cm³/mol. The summed E-state index contributed by atoms with van der Waals surface area (Å²) in [7, 11) is 0. The molecule has 4 heteroatoms. The van der Waals surface area contributed by atoms with Crippen LogP contribution in [0.3, 0.4) is 0 Å². The number of hydrogen-bond acceptors (Lipinski definition) is 3. The van der Waals surface area contributed by atoms with E-state index >= 15 is 0 Å². The Morgan fingerprint density at radius 2 is 1.94 bits per heavy atom. The fourth-order valence-electron chi connectivity index (χ4n) is 2.89. The lowest BCUT2D eigenvalue weighted by Crippen LogP contribution is -2.42. The molecular formula is C13H17FN2O. The van der Waals surface area contributed by atoms with Gasteiger partial charge in [-0.3, -0.25) is 0 Å². The number of nitrogens with two attached hydrogens (primary N) is 1. The number of ether oxygens (including phenoxy) is 1. The van der Waals surface area contributed by atoms with Crippen LogP contribution in [0.5, 0.6) is 5.75 Å². The minimum Gasteiger partial charge on any atom is -0.487 e. The van der Waals surface area contributed by atoms with E-state index in [4.69, 9.17) is 10.5 Å². The third kappa shape index (κ3) is 2.22. The second kappa shape index (κ2) is 4.18. The summed E-state index contributed by atoms with van der Waals surface area (Å²) in [5.74, 6) is -0.0404. The minimum atomic E-state index is -0.365. The van der Waals surface area contributed by atoms with Gasteiger partial charge < -0.3 is 15.8 Å². The molecule has 3 atom stereocenters. The number of nitrogens with one attached hydrogen (secondary N) is 1. The highest BCUT2D eigenvalue weighted by Crippen LogP contribution is 2.30. The highest BCUT2D eigenvalue weighted by Gasteiger charge is 2.34. The molecule has 0 saturated carbocycles. The van der Waals surface area contributed by atoms with Gasteiger partial charge in [0.05, 0.1) is 0 Å². The molecule has 1 aromatic rings. The smallest absolute Gasteiger partial charge is 0.167 e. The van der Waals surface area contributed by atoms with Gasteiger partial charge >= 0.3 is 0 Å². The van der Waals surface area contributed by atoms with Crippen molar-refractivity contribution in [1.82, 2.24) is 5.32 Å². The Labute approximate surface area is 100 Å². The Balaban J connectivity index is 1.70. The summed E-state index contributed by atoms with van der Waals surface area (Å²) in [5.41, 5.74) is 5.94. The number of nitrogen functional groups attached to an aromatic ring is 1. The summed E-state index contributed by atoms with van der Waals surface area (Å²) in [5, 5.41) is 3.54. The average molecular weight is 236 g/mol. The van der Waals surface area contributed by atoms with Crippen LogP contribution in [0.15, 0.2) is 18.2 Å². The first-order valence-electron chi connectivity index (χ1n) is 6.18. The maximum atomic E-state index is 13.6. The molecule has 0 aromatic heterocycles. The van der Waals surface area contributed by atoms with Crippen molar-refractivity contribution in [3.05, 3.63) is 24.0 Å². The Bertz CT molecular complexity index is 412. The van der Waals surface area contributed by atoms with E-state index in [2.05, 4.69) is 5.32 Å². The molecule has 3 N–H and O–H groups in total. The van der Waals surface area contributed by atoms with Crippen LogP contribution in [0, 0.1) is 5.82 Å². The quantitative estimate of drug-likeness (QED) is 0.773. The Morgan fingerprint density at radius 3 is 2.59 bits per heavy atom. The van der Waals surface area contributed by atoms with Crippen LogP contribution >= 0.6 is 0 Å². The number of anilines is 1. The van der Waals surface area contributed by atoms with Gasteiger partial charge in [0.1, 0.15) is 6.10 Å². The fraction of sp³-hybridized carbons (Fsp3) is 0.538. The fourth-order valence-corrected chi connectivity index (χ4v) is 2.89. The number of rotatable bonds is 2. The van der Waals surface area contributed by atoms with E-state index in [9.17, 15) is 4.39 Å². The normalized spacial score (nSPS) is 31.5. The van der Waals surface area contributed by atoms with Gasteiger partial charge in [-0.05, 0) is 37.8 Å². The van der Waals surface area contributed by atoms with Crippen molar-refractivity contribution < 1.29 is 9.13 Å². The van der Waals surface area contributed by atoms with Crippen LogP contribution in [-0.2, 0) is 0 Å². The first-order valence-corrected chi connectivity index (χ1v) is 6.18. The van der Waals surface area contributed by atoms with Crippen molar-refractivity contribution in [1.29, 1.82) is 0 Å². The van der Waals surface area contributed by atoms with Crippen molar-refractivity contribution in [2.45, 2.75) is 43.9 Å². The molecule has 92 valence electrons. The van der Waals surface area contributed by atoms with Crippen LogP contribution in [0.1, 0.15) is 25.7 Å². The standard InChI is InChI=1S/C13H17FN2O/c14-12-5-8(15)1-4-13(12)17-11-6-9-2-3-10(7-11)16-9/h1,4-5,9-11,16H,2-3,6-7,15H2/t9-,10+,11+. The maximum absolute atomic E-state index is 13.6. The summed E-state index contributed by atoms with van der Waals surface area (Å²) >= 11 is 0. The maximum Gasteiger partial charge on any atom is 0.167 e. The molecule has 0 aliphatic carbocycles. The molecule has 2 aliphatic rings. The van der Waals surface area contributed by atoms with Crippen molar-refractivity contribution in [2.75, 3.05) is 5.73 Å². The molecule has 2 fully saturated rings. The summed E-state index contributed by atoms with van der Waals surface area (Å²) in [4.78, 5) is 0. The third-order valence-electron chi connectivity index (χ3n) is 3.68. The van der Waals surface area contributed by atoms with E-state index in [1.165, 1.54) is 18.9 Å². The Morgan fingerprint density at radius 1 is 1.24 bits per heavy atom. The van der Waals surface area contributed by atoms with Crippen molar-refractivity contribution in [3.63, 3.8) is 0 Å². The molecule has 3 rings (SSSR count). The topological polar surface area (TPSA) is 47.3 Å². The Kier molecular flexibility index (Phi) is 2.67. The van der Waals surface area contributed by atoms with Gasteiger partial charge in [-0.15, -0.1) is 0 Å². The number of benzene rings is 1. The molecule has 2 saturated heterocycles. The zero-order valence-electron chi connectivity index (χ0n) is 9.66. The first-order chi connectivity index (χ1) is 8.20. The lowest BCUT2D eigenvalue weighted by atomic mass is 10.0. The van der Waals surface area contributed by atoms with E-state index in [1.54, 1.807) is 12.1 Å². The van der Waals surface area contributed by atoms with Gasteiger partial charge in [0.2, 0.25) is 0 Å². The van der Waals surface area contributed by atoms with Gasteiger partial charge in [0, 0.05) is 23.8 Å². The van der Waals surface area contributed by atoms with Crippen LogP contribution in [0.2, 0.25) is 0 Å². The second-order valence-corrected chi connectivity index (χ2v) is 5.04. The molecule has 2 bridgehead atoms. The van der Waals surface area contributed by atoms with Crippen molar-refractivity contribution >= 4 is 5.69 Å². The molecule has 3 nitrogen and oxygen atoms in total. The molecule has 2 heterocycles. The van der Waals surface area contributed by atoms with Gasteiger partial charge in [-0.2, -0.15) is 0 Å². The van der Waals surface area contributed by atoms with E-state index < -0.39 is 0 Å². The molecule has 0 amide bonds. The predicted octanol–water partition coefficient (Wildman–Crippen LogP) is 2.07. The SMILES string of the molecule is Nc1ccc(O[C@H]2C[C@H]3CC[C@@H](C2)N3)c(F)c1. The molecule has 0 unspecified atom stereocenters. The van der Waals surface area contributed by atoms with E-state index in [1.807, 2.05) is 0 Å². The molecule has 1 aromatic carbocycles. The summed E-state index contributed by atoms with van der Waals surface area (Å²) in [6.45, 7) is 0. The van der Waals surface area contributed by atoms with E-state index in [0.29, 0.717) is 23.5 Å². The third-order valence-corrected chi connectivity index (χ3v) is 3.68. The van der Waals surface area contributed by atoms with Crippen LogP contribution in [-0.4, -0.2) is 18.2 Å². The van der Waals surface area contributed by atoms with Gasteiger partial charge in [-0.25, -0.2) is 4.39 Å². The lowest BCUT2D eigenvalue weighted by Gasteiger charge is -2.29. The molecular weight excluding hydrogens is 219 g/mol. The summed E-state index contributed by atoms with van der Waals surface area (Å²) < 4.78 is 19.3. The minimum absolute atomic E-state index is 0.131. The first kappa shape index (κ1) is 10.8. The van der Waals surface area contributed by atoms with Crippen molar-refractivity contribution in [2.24, 2.45) is 0 Å². The van der Waals surface area contributed by atoms with Crippen LogP contribution < -0.4 is 15.8 Å². The van der Waals surface area contributed by atoms with E-state index in [-0.39, 0.29) is 11.9 Å². The monoisotopic (exact) mass is 236 g/mol. The molecule has 0 spiro atoms. The number of piperidine rings is 1. The molecule has 17 heavy (non-hydrogen) atoms. The van der Waals surface area contributed by atoms with Gasteiger partial charge in [0.25, 0.3) is 0 Å². The van der Waals surface area contributed by atoms with Gasteiger partial charge in [0.15, 0.2) is 11.6 Å². The lowest BCUT2D eigenvalue weighted by molar-refractivity contribution is 0.132. The summed E-state index contributed by atoms with van der Waals surface area (Å²) in [6.07, 6.45) is 4.51. The van der Waals surface area contributed by atoms with Crippen LogP contribution in [0.4, 0.5) is 10.1 Å². The largest absolute Gasteiger partial charge is 0.487 e. The molecule has 2 aliphatic heterocycles.